The molecular formula is C10H11F3N2O3. The van der Waals surface area contributed by atoms with Gasteiger partial charge < -0.3 is 10.1 Å². The Labute approximate surface area is 101 Å². The van der Waals surface area contributed by atoms with Gasteiger partial charge in [0.1, 0.15) is 0 Å². The van der Waals surface area contributed by atoms with Gasteiger partial charge in [-0.15, -0.1) is 0 Å². The molecule has 0 aliphatic heterocycles. The molecule has 0 atom stereocenters. The second kappa shape index (κ2) is 5.67. The van der Waals surface area contributed by atoms with Gasteiger partial charge in [-0.3, -0.25) is 10.1 Å². The molecule has 1 N–H and O–H groups in total. The van der Waals surface area contributed by atoms with Crippen molar-refractivity contribution < 1.29 is 22.8 Å². The zero-order chi connectivity index (χ0) is 13.8. The van der Waals surface area contributed by atoms with Gasteiger partial charge in [-0.05, 0) is 11.6 Å². The molecular weight excluding hydrogens is 253 g/mol. The molecule has 1 aromatic carbocycles. The number of benzene rings is 1. The molecule has 5 nitrogen and oxygen atoms in total. The van der Waals surface area contributed by atoms with Gasteiger partial charge in [0.25, 0.3) is 0 Å². The van der Waals surface area contributed by atoms with Crippen molar-refractivity contribution >= 4 is 5.69 Å². The predicted molar refractivity (Wildman–Crippen MR) is 57.4 cm³/mol. The Hall–Kier alpha value is -1.83. The number of nitrogens with one attached hydrogen (secondary N) is 1. The largest absolute Gasteiger partial charge is 0.490 e. The van der Waals surface area contributed by atoms with E-state index in [1.807, 2.05) is 0 Å². The van der Waals surface area contributed by atoms with E-state index in [9.17, 15) is 23.3 Å². The quantitative estimate of drug-likeness (QED) is 0.654. The summed E-state index contributed by atoms with van der Waals surface area (Å²) in [5.41, 5.74) is 0.107. The molecule has 0 radical (unpaired) electrons. The van der Waals surface area contributed by atoms with E-state index in [-0.39, 0.29) is 18.0 Å². The molecule has 0 fully saturated rings. The number of hydrogen-bond donors (Lipinski definition) is 1. The maximum atomic E-state index is 11.9. The van der Waals surface area contributed by atoms with E-state index in [0.29, 0.717) is 5.56 Å². The van der Waals surface area contributed by atoms with E-state index in [2.05, 4.69) is 5.32 Å². The van der Waals surface area contributed by atoms with Gasteiger partial charge in [0, 0.05) is 12.6 Å². The van der Waals surface area contributed by atoms with Crippen molar-refractivity contribution in [2.75, 3.05) is 13.7 Å². The lowest BCUT2D eigenvalue weighted by Gasteiger charge is -2.09. The number of rotatable bonds is 5. The molecule has 0 aliphatic rings. The van der Waals surface area contributed by atoms with Gasteiger partial charge in [-0.25, -0.2) is 0 Å². The molecule has 18 heavy (non-hydrogen) atoms. The van der Waals surface area contributed by atoms with Gasteiger partial charge in [0.2, 0.25) is 0 Å². The maximum Gasteiger partial charge on any atom is 0.401 e. The van der Waals surface area contributed by atoms with Crippen LogP contribution >= 0.6 is 0 Å². The maximum absolute atomic E-state index is 11.9. The Bertz CT molecular complexity index is 435. The minimum Gasteiger partial charge on any atom is -0.490 e. The minimum absolute atomic E-state index is 0.0690. The van der Waals surface area contributed by atoms with E-state index in [1.165, 1.54) is 25.3 Å². The lowest BCUT2D eigenvalue weighted by molar-refractivity contribution is -0.385. The second-order valence-corrected chi connectivity index (χ2v) is 3.48. The van der Waals surface area contributed by atoms with Crippen molar-refractivity contribution in [2.24, 2.45) is 0 Å². The van der Waals surface area contributed by atoms with Crippen LogP contribution in [0.25, 0.3) is 0 Å². The third-order valence-corrected chi connectivity index (χ3v) is 2.09. The predicted octanol–water partition coefficient (Wildman–Crippen LogP) is 2.26. The van der Waals surface area contributed by atoms with Crippen molar-refractivity contribution in [2.45, 2.75) is 12.7 Å². The molecule has 0 amide bonds. The fourth-order valence-electron chi connectivity index (χ4n) is 1.34. The summed E-state index contributed by atoms with van der Waals surface area (Å²) in [5.74, 6) is 0.0690. The SMILES string of the molecule is COc1ccc(CNCC(F)(F)F)cc1[N+](=O)[O-]. The number of hydrogen-bond acceptors (Lipinski definition) is 4. The second-order valence-electron chi connectivity index (χ2n) is 3.48. The Balaban J connectivity index is 2.73. The minimum atomic E-state index is -4.31. The van der Waals surface area contributed by atoms with E-state index in [4.69, 9.17) is 4.74 Å². The Morgan fingerprint density at radius 2 is 2.11 bits per heavy atom. The van der Waals surface area contributed by atoms with Crippen molar-refractivity contribution in [3.8, 4) is 5.75 Å². The third kappa shape index (κ3) is 4.21. The molecule has 1 rings (SSSR count). The summed E-state index contributed by atoms with van der Waals surface area (Å²) in [4.78, 5) is 10.0. The summed E-state index contributed by atoms with van der Waals surface area (Å²) in [5, 5.41) is 12.8. The van der Waals surface area contributed by atoms with Crippen LogP contribution in [0.1, 0.15) is 5.56 Å². The van der Waals surface area contributed by atoms with Crippen LogP contribution in [0.2, 0.25) is 0 Å². The first-order chi connectivity index (χ1) is 8.33. The highest BCUT2D eigenvalue weighted by Gasteiger charge is 2.26. The number of alkyl halides is 3. The third-order valence-electron chi connectivity index (χ3n) is 2.09. The molecule has 0 heterocycles. The first-order valence-electron chi connectivity index (χ1n) is 4.92. The van der Waals surface area contributed by atoms with Crippen LogP contribution in [0.5, 0.6) is 5.75 Å². The summed E-state index contributed by atoms with van der Waals surface area (Å²) in [6, 6.07) is 4.00. The van der Waals surface area contributed by atoms with Gasteiger partial charge in [-0.2, -0.15) is 13.2 Å². The molecule has 100 valence electrons. The molecule has 0 spiro atoms. The molecule has 0 saturated carbocycles. The molecule has 0 aliphatic carbocycles. The Morgan fingerprint density at radius 1 is 1.44 bits per heavy atom. The van der Waals surface area contributed by atoms with Gasteiger partial charge in [0.15, 0.2) is 5.75 Å². The van der Waals surface area contributed by atoms with Crippen LogP contribution in [-0.2, 0) is 6.54 Å². The number of ether oxygens (including phenoxy) is 1. The Kier molecular flexibility index (Phi) is 4.49. The fraction of sp³-hybridized carbons (Fsp3) is 0.400. The highest BCUT2D eigenvalue weighted by Crippen LogP contribution is 2.27. The number of halogens is 3. The van der Waals surface area contributed by atoms with E-state index in [0.717, 1.165) is 0 Å². The number of nitrogens with zero attached hydrogens (tertiary/aromatic N) is 1. The zero-order valence-electron chi connectivity index (χ0n) is 9.45. The van der Waals surface area contributed by atoms with Crippen molar-refractivity contribution in [1.29, 1.82) is 0 Å². The summed E-state index contributed by atoms with van der Waals surface area (Å²) in [7, 11) is 1.28. The lowest BCUT2D eigenvalue weighted by atomic mass is 10.2. The summed E-state index contributed by atoms with van der Waals surface area (Å²) in [6.07, 6.45) is -4.31. The average Bonchev–Trinajstić information content (AvgIpc) is 2.27. The van der Waals surface area contributed by atoms with Crippen LogP contribution in [0.3, 0.4) is 0 Å². The lowest BCUT2D eigenvalue weighted by Crippen LogP contribution is -2.28. The molecule has 0 saturated heterocycles. The molecule has 8 heteroatoms. The first kappa shape index (κ1) is 14.2. The normalized spacial score (nSPS) is 11.3. The zero-order valence-corrected chi connectivity index (χ0v) is 9.45. The number of nitro groups is 1. The number of methoxy groups -OCH3 is 1. The molecule has 0 unspecified atom stereocenters. The van der Waals surface area contributed by atoms with Crippen LogP contribution in [0.4, 0.5) is 18.9 Å². The van der Waals surface area contributed by atoms with Gasteiger partial charge in [-0.1, -0.05) is 6.07 Å². The summed E-state index contributed by atoms with van der Waals surface area (Å²) < 4.78 is 40.5. The highest BCUT2D eigenvalue weighted by atomic mass is 19.4. The van der Waals surface area contributed by atoms with Gasteiger partial charge >= 0.3 is 11.9 Å². The van der Waals surface area contributed by atoms with Crippen molar-refractivity contribution in [3.63, 3.8) is 0 Å². The van der Waals surface area contributed by atoms with E-state index >= 15 is 0 Å². The monoisotopic (exact) mass is 264 g/mol. The molecule has 1 aromatic rings. The van der Waals surface area contributed by atoms with E-state index in [1.54, 1.807) is 0 Å². The van der Waals surface area contributed by atoms with Crippen LogP contribution in [0, 0.1) is 10.1 Å². The summed E-state index contributed by atoms with van der Waals surface area (Å²) >= 11 is 0. The number of nitro benzene ring substituents is 1. The topological polar surface area (TPSA) is 64.4 Å². The van der Waals surface area contributed by atoms with Crippen LogP contribution < -0.4 is 10.1 Å². The van der Waals surface area contributed by atoms with E-state index < -0.39 is 17.6 Å². The Morgan fingerprint density at radius 3 is 2.61 bits per heavy atom. The molecule has 0 aromatic heterocycles. The standard InChI is InChI=1S/C10H11F3N2O3/c1-18-9-3-2-7(4-8(9)15(16)17)5-14-6-10(11,12)13/h2-4,14H,5-6H2,1H3. The van der Waals surface area contributed by atoms with Crippen LogP contribution in [-0.4, -0.2) is 24.8 Å². The van der Waals surface area contributed by atoms with Crippen molar-refractivity contribution in [1.82, 2.24) is 5.32 Å². The first-order valence-corrected chi connectivity index (χ1v) is 4.92. The van der Waals surface area contributed by atoms with Crippen LogP contribution in [0.15, 0.2) is 18.2 Å². The smallest absolute Gasteiger partial charge is 0.401 e. The van der Waals surface area contributed by atoms with Crippen molar-refractivity contribution in [3.05, 3.63) is 33.9 Å². The summed E-state index contributed by atoms with van der Waals surface area (Å²) in [6.45, 7) is -1.25. The molecule has 0 bridgehead atoms. The highest BCUT2D eigenvalue weighted by molar-refractivity contribution is 5.48. The average molecular weight is 264 g/mol. The fourth-order valence-corrected chi connectivity index (χ4v) is 1.34. The van der Waals surface area contributed by atoms with Gasteiger partial charge in [0.05, 0.1) is 18.6 Å².